The molecule has 142 valence electrons. The topological polar surface area (TPSA) is 113 Å². The minimum atomic E-state index is -0.683. The van der Waals surface area contributed by atoms with Gasteiger partial charge in [0.25, 0.3) is 5.91 Å². The molecule has 0 radical (unpaired) electrons. The fourth-order valence-corrected chi connectivity index (χ4v) is 3.99. The van der Waals surface area contributed by atoms with Gasteiger partial charge in [0.1, 0.15) is 5.82 Å². The normalized spacial score (nSPS) is 17.6. The third-order valence-electron chi connectivity index (χ3n) is 4.64. The molecule has 1 saturated heterocycles. The quantitative estimate of drug-likeness (QED) is 0.689. The molecule has 8 nitrogen and oxygen atoms in total. The Morgan fingerprint density at radius 2 is 1.89 bits per heavy atom. The summed E-state index contributed by atoms with van der Waals surface area (Å²) in [6.45, 7) is 1.63. The number of primary amides is 1. The van der Waals surface area contributed by atoms with Crippen molar-refractivity contribution in [3.8, 4) is 0 Å². The van der Waals surface area contributed by atoms with E-state index in [4.69, 9.17) is 5.73 Å². The van der Waals surface area contributed by atoms with Crippen molar-refractivity contribution in [2.45, 2.75) is 18.9 Å². The van der Waals surface area contributed by atoms with Gasteiger partial charge in [-0.1, -0.05) is 0 Å². The lowest BCUT2D eigenvalue weighted by molar-refractivity contribution is 0.100. The Morgan fingerprint density at radius 3 is 2.52 bits per heavy atom. The van der Waals surface area contributed by atoms with E-state index in [0.717, 1.165) is 48.8 Å². The SMILES string of the molecule is NC(=O)c1cnc(Nc2ccc(N3CCS(=O)CC3)cc2)nc1NC1CC1. The molecular weight excluding hydrogens is 364 g/mol. The van der Waals surface area contributed by atoms with Crippen LogP contribution in [0.5, 0.6) is 0 Å². The molecule has 0 bridgehead atoms. The molecule has 2 aromatic rings. The van der Waals surface area contributed by atoms with Crippen molar-refractivity contribution in [1.82, 2.24) is 9.97 Å². The van der Waals surface area contributed by atoms with E-state index in [0.29, 0.717) is 23.4 Å². The standard InChI is InChI=1S/C18H22N6O2S/c19-16(25)15-11-20-18(23-17(15)21-12-1-2-12)22-13-3-5-14(6-4-13)24-7-9-27(26)10-8-24/h3-6,11-12H,1-2,7-10H2,(H2,19,25)(H2,20,21,22,23). The summed E-state index contributed by atoms with van der Waals surface area (Å²) in [5.74, 6) is 1.77. The van der Waals surface area contributed by atoms with Crippen LogP contribution in [0.2, 0.25) is 0 Å². The summed E-state index contributed by atoms with van der Waals surface area (Å²) in [6, 6.07) is 8.32. The van der Waals surface area contributed by atoms with Crippen LogP contribution >= 0.6 is 0 Å². The smallest absolute Gasteiger partial charge is 0.254 e. The van der Waals surface area contributed by atoms with Crippen LogP contribution in [0.3, 0.4) is 0 Å². The van der Waals surface area contributed by atoms with E-state index in [1.807, 2.05) is 24.3 Å². The number of anilines is 4. The zero-order valence-electron chi connectivity index (χ0n) is 14.9. The van der Waals surface area contributed by atoms with E-state index in [1.165, 1.54) is 6.20 Å². The van der Waals surface area contributed by atoms with Gasteiger partial charge in [0, 0.05) is 59.0 Å². The van der Waals surface area contributed by atoms with Gasteiger partial charge in [-0.05, 0) is 37.1 Å². The van der Waals surface area contributed by atoms with Gasteiger partial charge in [0.05, 0.1) is 5.56 Å². The van der Waals surface area contributed by atoms with Crippen LogP contribution < -0.4 is 21.3 Å². The van der Waals surface area contributed by atoms with E-state index in [1.54, 1.807) is 0 Å². The van der Waals surface area contributed by atoms with Crippen molar-refractivity contribution in [2.24, 2.45) is 5.73 Å². The largest absolute Gasteiger partial charge is 0.370 e. The number of rotatable bonds is 6. The van der Waals surface area contributed by atoms with Gasteiger partial charge in [0.2, 0.25) is 5.95 Å². The highest BCUT2D eigenvalue weighted by Gasteiger charge is 2.24. The first kappa shape index (κ1) is 17.7. The molecule has 4 N–H and O–H groups in total. The van der Waals surface area contributed by atoms with Crippen LogP contribution in [0.1, 0.15) is 23.2 Å². The van der Waals surface area contributed by atoms with Crippen LogP contribution in [-0.4, -0.2) is 50.7 Å². The van der Waals surface area contributed by atoms with Crippen molar-refractivity contribution in [3.05, 3.63) is 36.0 Å². The maximum absolute atomic E-state index is 11.6. The molecule has 9 heteroatoms. The molecule has 2 aliphatic rings. The van der Waals surface area contributed by atoms with Gasteiger partial charge in [-0.15, -0.1) is 0 Å². The predicted molar refractivity (Wildman–Crippen MR) is 107 cm³/mol. The summed E-state index contributed by atoms with van der Waals surface area (Å²) in [5, 5.41) is 6.38. The highest BCUT2D eigenvalue weighted by molar-refractivity contribution is 7.85. The Bertz CT molecular complexity index is 859. The molecule has 1 aromatic carbocycles. The van der Waals surface area contributed by atoms with Crippen LogP contribution in [0.15, 0.2) is 30.5 Å². The number of hydrogen-bond acceptors (Lipinski definition) is 7. The van der Waals surface area contributed by atoms with Gasteiger partial charge in [-0.3, -0.25) is 9.00 Å². The van der Waals surface area contributed by atoms with Crippen molar-refractivity contribution in [3.63, 3.8) is 0 Å². The van der Waals surface area contributed by atoms with Gasteiger partial charge >= 0.3 is 0 Å². The molecule has 4 rings (SSSR count). The first-order valence-electron chi connectivity index (χ1n) is 8.99. The van der Waals surface area contributed by atoms with Crippen LogP contribution in [0.4, 0.5) is 23.1 Å². The molecule has 2 fully saturated rings. The second kappa shape index (κ2) is 7.51. The van der Waals surface area contributed by atoms with Gasteiger partial charge in [-0.25, -0.2) is 4.98 Å². The molecule has 27 heavy (non-hydrogen) atoms. The van der Waals surface area contributed by atoms with Crippen molar-refractivity contribution >= 4 is 39.8 Å². The number of aromatic nitrogens is 2. The van der Waals surface area contributed by atoms with E-state index in [-0.39, 0.29) is 0 Å². The van der Waals surface area contributed by atoms with Crippen LogP contribution in [0.25, 0.3) is 0 Å². The number of carbonyl (C=O) groups is 1. The van der Waals surface area contributed by atoms with Crippen LogP contribution in [0, 0.1) is 0 Å². The second-order valence-electron chi connectivity index (χ2n) is 6.75. The minimum Gasteiger partial charge on any atom is -0.370 e. The zero-order chi connectivity index (χ0) is 18.8. The third kappa shape index (κ3) is 4.36. The molecule has 1 aromatic heterocycles. The minimum absolute atomic E-state index is 0.297. The third-order valence-corrected chi connectivity index (χ3v) is 5.91. The van der Waals surface area contributed by atoms with E-state index >= 15 is 0 Å². The number of nitrogens with two attached hydrogens (primary N) is 1. The first-order chi connectivity index (χ1) is 13.1. The fraction of sp³-hybridized carbons (Fsp3) is 0.389. The molecular formula is C18H22N6O2S. The number of carbonyl (C=O) groups excluding carboxylic acids is 1. The van der Waals surface area contributed by atoms with Crippen LogP contribution in [-0.2, 0) is 10.8 Å². The Morgan fingerprint density at radius 1 is 1.19 bits per heavy atom. The van der Waals surface area contributed by atoms with Crippen molar-refractivity contribution < 1.29 is 9.00 Å². The molecule has 1 saturated carbocycles. The maximum Gasteiger partial charge on any atom is 0.254 e. The van der Waals surface area contributed by atoms with E-state index in [2.05, 4.69) is 25.5 Å². The Labute approximate surface area is 160 Å². The molecule has 1 aliphatic heterocycles. The second-order valence-corrected chi connectivity index (χ2v) is 8.44. The highest BCUT2D eigenvalue weighted by atomic mass is 32.2. The van der Waals surface area contributed by atoms with E-state index < -0.39 is 16.7 Å². The summed E-state index contributed by atoms with van der Waals surface area (Å²) in [4.78, 5) is 22.4. The zero-order valence-corrected chi connectivity index (χ0v) is 15.7. The summed E-state index contributed by atoms with van der Waals surface area (Å²) in [5.41, 5.74) is 7.66. The van der Waals surface area contributed by atoms with Gasteiger partial charge in [-0.2, -0.15) is 4.98 Å². The predicted octanol–water partition coefficient (Wildman–Crippen LogP) is 1.46. The molecule has 2 heterocycles. The summed E-state index contributed by atoms with van der Waals surface area (Å²) >= 11 is 0. The van der Waals surface area contributed by atoms with Gasteiger partial charge in [0.15, 0.2) is 0 Å². The molecule has 1 aliphatic carbocycles. The number of benzene rings is 1. The van der Waals surface area contributed by atoms with Gasteiger partial charge < -0.3 is 21.3 Å². The lowest BCUT2D eigenvalue weighted by Crippen LogP contribution is -2.37. The lowest BCUT2D eigenvalue weighted by Gasteiger charge is -2.28. The Hall–Kier alpha value is -2.68. The number of nitrogens with one attached hydrogen (secondary N) is 2. The summed E-state index contributed by atoms with van der Waals surface area (Å²) in [6.07, 6.45) is 3.58. The van der Waals surface area contributed by atoms with Crippen molar-refractivity contribution in [1.29, 1.82) is 0 Å². The maximum atomic E-state index is 11.6. The van der Waals surface area contributed by atoms with Crippen molar-refractivity contribution in [2.75, 3.05) is 40.1 Å². The Kier molecular flexibility index (Phi) is 4.93. The lowest BCUT2D eigenvalue weighted by atomic mass is 10.2. The molecule has 1 amide bonds. The number of nitrogens with zero attached hydrogens (tertiary/aromatic N) is 3. The number of hydrogen-bond donors (Lipinski definition) is 3. The number of amides is 1. The Balaban J connectivity index is 1.46. The molecule has 0 spiro atoms. The van der Waals surface area contributed by atoms with E-state index in [9.17, 15) is 9.00 Å². The average Bonchev–Trinajstić information content (AvgIpc) is 3.47. The summed E-state index contributed by atoms with van der Waals surface area (Å²) < 4.78 is 11.5. The summed E-state index contributed by atoms with van der Waals surface area (Å²) in [7, 11) is -0.683. The fourth-order valence-electron chi connectivity index (χ4n) is 2.93. The first-order valence-corrected chi connectivity index (χ1v) is 10.5. The average molecular weight is 386 g/mol. The molecule has 0 atom stereocenters. The monoisotopic (exact) mass is 386 g/mol. The molecule has 0 unspecified atom stereocenters. The highest BCUT2D eigenvalue weighted by Crippen LogP contribution is 2.27.